The summed E-state index contributed by atoms with van der Waals surface area (Å²) in [6.45, 7) is 5.20. The number of aliphatic hydroxyl groups is 1. The lowest BCUT2D eigenvalue weighted by atomic mass is 9.92. The van der Waals surface area contributed by atoms with Crippen LogP contribution < -0.4 is 4.74 Å². The van der Waals surface area contributed by atoms with Crippen molar-refractivity contribution in [3.63, 3.8) is 0 Å². The van der Waals surface area contributed by atoms with Crippen molar-refractivity contribution in [2.45, 2.75) is 51.3 Å². The van der Waals surface area contributed by atoms with E-state index in [2.05, 4.69) is 50.1 Å². The summed E-state index contributed by atoms with van der Waals surface area (Å²) >= 11 is 5.33. The first kappa shape index (κ1) is 21.7. The molecular formula is C25H27BrN2O3S. The molecule has 2 aliphatic heterocycles. The Balaban J connectivity index is 1.69. The number of carbonyl (C=O) groups is 1. The van der Waals surface area contributed by atoms with E-state index in [1.54, 1.807) is 25.4 Å². The molecule has 1 N–H and O–H groups in total. The van der Waals surface area contributed by atoms with Gasteiger partial charge in [0.1, 0.15) is 11.4 Å². The zero-order chi connectivity index (χ0) is 22.6. The zero-order valence-electron chi connectivity index (χ0n) is 18.5. The van der Waals surface area contributed by atoms with Crippen molar-refractivity contribution in [2.24, 2.45) is 0 Å². The number of rotatable bonds is 4. The van der Waals surface area contributed by atoms with Crippen LogP contribution in [0.5, 0.6) is 5.75 Å². The molecule has 1 amide bonds. The van der Waals surface area contributed by atoms with Crippen molar-refractivity contribution in [1.82, 2.24) is 9.47 Å². The largest absolute Gasteiger partial charge is 0.496 e. The maximum absolute atomic E-state index is 13.9. The van der Waals surface area contributed by atoms with Gasteiger partial charge in [0.05, 0.1) is 28.9 Å². The van der Waals surface area contributed by atoms with Crippen molar-refractivity contribution < 1.29 is 14.6 Å². The van der Waals surface area contributed by atoms with Crippen LogP contribution in [0.3, 0.4) is 0 Å². The van der Waals surface area contributed by atoms with E-state index in [1.165, 1.54) is 5.56 Å². The van der Waals surface area contributed by atoms with E-state index in [0.29, 0.717) is 12.2 Å². The summed E-state index contributed by atoms with van der Waals surface area (Å²) < 4.78 is 8.60. The number of hydrogen-bond acceptors (Lipinski definition) is 4. The Morgan fingerprint density at radius 3 is 2.78 bits per heavy atom. The van der Waals surface area contributed by atoms with E-state index in [1.807, 2.05) is 17.9 Å². The fraction of sp³-hybridized carbons (Fsp3) is 0.400. The van der Waals surface area contributed by atoms with Gasteiger partial charge in [0.15, 0.2) is 0 Å². The highest BCUT2D eigenvalue weighted by Gasteiger charge is 2.44. The molecule has 2 atom stereocenters. The van der Waals surface area contributed by atoms with Gasteiger partial charge < -0.3 is 19.3 Å². The van der Waals surface area contributed by atoms with E-state index >= 15 is 0 Å². The van der Waals surface area contributed by atoms with E-state index in [4.69, 9.17) is 4.74 Å². The predicted molar refractivity (Wildman–Crippen MR) is 131 cm³/mol. The molecule has 7 heteroatoms. The van der Waals surface area contributed by atoms with Crippen LogP contribution in [0.2, 0.25) is 0 Å². The number of nitrogens with zero attached hydrogens (tertiary/aromatic N) is 2. The molecule has 168 valence electrons. The standard InChI is InChI=1S/C25H27BrN2O3S/c1-15(29)25(2)8-5-9-28(25)24(30)20-14-18(22-6-4-11-32-22)23-17-13-19(26)21(31-3)12-16(17)7-10-27(20)23/h4,6,11-15,29H,5,7-10H2,1-3H3/t15-,25-/m1/s1. The highest BCUT2D eigenvalue weighted by molar-refractivity contribution is 9.10. The molecule has 0 aliphatic carbocycles. The summed E-state index contributed by atoms with van der Waals surface area (Å²) in [6.07, 6.45) is 1.98. The van der Waals surface area contributed by atoms with Crippen LogP contribution in [-0.2, 0) is 13.0 Å². The number of methoxy groups -OCH3 is 1. The highest BCUT2D eigenvalue weighted by atomic mass is 79.9. The van der Waals surface area contributed by atoms with Gasteiger partial charge in [-0.25, -0.2) is 0 Å². The third-order valence-corrected chi connectivity index (χ3v) is 8.69. The molecule has 0 spiro atoms. The molecule has 5 rings (SSSR count). The molecule has 0 radical (unpaired) electrons. The number of thiophene rings is 1. The minimum atomic E-state index is -0.578. The Hall–Kier alpha value is -2.09. The van der Waals surface area contributed by atoms with Gasteiger partial charge >= 0.3 is 0 Å². The average molecular weight is 515 g/mol. The van der Waals surface area contributed by atoms with Gasteiger partial charge in [0.2, 0.25) is 0 Å². The molecule has 2 aliphatic rings. The first-order valence-electron chi connectivity index (χ1n) is 11.0. The van der Waals surface area contributed by atoms with E-state index in [0.717, 1.165) is 57.7 Å². The number of ether oxygens (including phenoxy) is 1. The fourth-order valence-corrected chi connectivity index (χ4v) is 6.42. The minimum absolute atomic E-state index is 0.00554. The second-order valence-corrected chi connectivity index (χ2v) is 10.7. The zero-order valence-corrected chi connectivity index (χ0v) is 20.9. The first-order valence-corrected chi connectivity index (χ1v) is 12.7. The monoisotopic (exact) mass is 514 g/mol. The number of carbonyl (C=O) groups excluding carboxylic acids is 1. The number of likely N-dealkylation sites (tertiary alicyclic amines) is 1. The predicted octanol–water partition coefficient (Wildman–Crippen LogP) is 5.59. The van der Waals surface area contributed by atoms with Gasteiger partial charge in [-0.15, -0.1) is 11.3 Å². The number of aliphatic hydroxyl groups excluding tert-OH is 1. The van der Waals surface area contributed by atoms with Crippen LogP contribution in [0.15, 0.2) is 40.2 Å². The molecule has 4 heterocycles. The number of aromatic nitrogens is 1. The van der Waals surface area contributed by atoms with Crippen LogP contribution in [0, 0.1) is 0 Å². The molecule has 2 aromatic heterocycles. The van der Waals surface area contributed by atoms with Crippen LogP contribution in [0.25, 0.3) is 21.7 Å². The summed E-state index contributed by atoms with van der Waals surface area (Å²) in [4.78, 5) is 16.9. The Kier molecular flexibility index (Phi) is 5.47. The molecular weight excluding hydrogens is 488 g/mol. The SMILES string of the molecule is COc1cc2c(cc1Br)-c1c(-c3cccs3)cc(C(=O)N3CCC[C@]3(C)[C@@H](C)O)n1CC2. The molecule has 0 unspecified atom stereocenters. The number of hydrogen-bond donors (Lipinski definition) is 1. The van der Waals surface area contributed by atoms with Crippen molar-refractivity contribution >= 4 is 33.2 Å². The van der Waals surface area contributed by atoms with Gasteiger partial charge in [-0.3, -0.25) is 4.79 Å². The lowest BCUT2D eigenvalue weighted by Gasteiger charge is -2.38. The third kappa shape index (κ3) is 3.25. The number of aryl methyl sites for hydroxylation is 1. The second-order valence-electron chi connectivity index (χ2n) is 8.91. The first-order chi connectivity index (χ1) is 15.3. The van der Waals surface area contributed by atoms with Crippen molar-refractivity contribution in [3.05, 3.63) is 51.4 Å². The van der Waals surface area contributed by atoms with Gasteiger partial charge in [-0.05, 0) is 84.2 Å². The number of halogens is 1. The quantitative estimate of drug-likeness (QED) is 0.493. The summed E-state index contributed by atoms with van der Waals surface area (Å²) in [6, 6.07) is 10.4. The molecule has 1 saturated heterocycles. The molecule has 1 aromatic carbocycles. The van der Waals surface area contributed by atoms with Crippen molar-refractivity contribution in [3.8, 4) is 27.4 Å². The van der Waals surface area contributed by atoms with Gasteiger partial charge in [-0.1, -0.05) is 6.07 Å². The maximum Gasteiger partial charge on any atom is 0.271 e. The van der Waals surface area contributed by atoms with Crippen molar-refractivity contribution in [2.75, 3.05) is 13.7 Å². The Bertz CT molecular complexity index is 1180. The Labute approximate surface area is 200 Å². The lowest BCUT2D eigenvalue weighted by molar-refractivity contribution is 0.0145. The summed E-state index contributed by atoms with van der Waals surface area (Å²) in [5.74, 6) is 0.827. The second kappa shape index (κ2) is 8.04. The van der Waals surface area contributed by atoms with E-state index in [9.17, 15) is 9.90 Å². The lowest BCUT2D eigenvalue weighted by Crippen LogP contribution is -2.52. The summed E-state index contributed by atoms with van der Waals surface area (Å²) in [5, 5.41) is 12.5. The fourth-order valence-electron chi connectivity index (χ4n) is 5.17. The highest BCUT2D eigenvalue weighted by Crippen LogP contribution is 2.45. The summed E-state index contributed by atoms with van der Waals surface area (Å²) in [5.41, 5.74) is 4.69. The van der Waals surface area contributed by atoms with Gasteiger partial charge in [-0.2, -0.15) is 0 Å². The molecule has 0 bridgehead atoms. The van der Waals surface area contributed by atoms with Crippen LogP contribution in [-0.4, -0.2) is 45.8 Å². The maximum atomic E-state index is 13.9. The van der Waals surface area contributed by atoms with Gasteiger partial charge in [0.25, 0.3) is 5.91 Å². The topological polar surface area (TPSA) is 54.7 Å². The smallest absolute Gasteiger partial charge is 0.271 e. The molecule has 3 aromatic rings. The normalized spacial score (nSPS) is 20.7. The Morgan fingerprint density at radius 2 is 2.09 bits per heavy atom. The van der Waals surface area contributed by atoms with Crippen LogP contribution in [0.4, 0.5) is 0 Å². The van der Waals surface area contributed by atoms with Gasteiger partial charge in [0, 0.05) is 29.1 Å². The average Bonchev–Trinajstić information content (AvgIpc) is 3.51. The van der Waals surface area contributed by atoms with Crippen LogP contribution in [0.1, 0.15) is 42.7 Å². The number of benzene rings is 1. The minimum Gasteiger partial charge on any atom is -0.496 e. The van der Waals surface area contributed by atoms with E-state index < -0.39 is 11.6 Å². The van der Waals surface area contributed by atoms with Crippen molar-refractivity contribution in [1.29, 1.82) is 0 Å². The number of amides is 1. The summed E-state index contributed by atoms with van der Waals surface area (Å²) in [7, 11) is 1.68. The molecule has 1 fully saturated rings. The third-order valence-electron chi connectivity index (χ3n) is 7.17. The molecule has 5 nitrogen and oxygen atoms in total. The molecule has 32 heavy (non-hydrogen) atoms. The number of fused-ring (bicyclic) bond motifs is 3. The molecule has 0 saturated carbocycles. The van der Waals surface area contributed by atoms with Crippen LogP contribution >= 0.6 is 27.3 Å². The Morgan fingerprint density at radius 1 is 1.28 bits per heavy atom. The van der Waals surface area contributed by atoms with E-state index in [-0.39, 0.29) is 5.91 Å².